The van der Waals surface area contributed by atoms with Gasteiger partial charge < -0.3 is 14.1 Å². The number of amides is 1. The summed E-state index contributed by atoms with van der Waals surface area (Å²) in [7, 11) is -5.80. The third kappa shape index (κ3) is 8.07. The van der Waals surface area contributed by atoms with Crippen molar-refractivity contribution in [3.05, 3.63) is 29.8 Å². The Hall–Kier alpha value is -1.42. The van der Waals surface area contributed by atoms with Crippen molar-refractivity contribution < 1.29 is 26.6 Å². The van der Waals surface area contributed by atoms with E-state index in [9.17, 15) is 13.2 Å². The standard InChI is InChI=1S/C25H43NO6SSi/c1-19-12-14-22(15-13-19)33(28,29)30-16-10-11-20-17-21(32-34(8,9)25(5,6)7)18-26(20)23(27)31-24(2,3)4/h12-15,20-21H,10-11,16-18H2,1-9H3/t20-,21+/m1/s1. The molecule has 1 aliphatic rings. The molecule has 1 saturated heterocycles. The number of hydrogen-bond acceptors (Lipinski definition) is 6. The molecule has 0 aliphatic carbocycles. The fraction of sp³-hybridized carbons (Fsp3) is 0.720. The number of aryl methyl sites for hydroxylation is 1. The van der Waals surface area contributed by atoms with Crippen LogP contribution in [-0.4, -0.2) is 58.6 Å². The average Bonchev–Trinajstić information content (AvgIpc) is 3.05. The van der Waals surface area contributed by atoms with Crippen molar-refractivity contribution in [1.29, 1.82) is 0 Å². The van der Waals surface area contributed by atoms with Gasteiger partial charge in [0.2, 0.25) is 0 Å². The molecule has 0 saturated carbocycles. The minimum atomic E-state index is -3.80. The van der Waals surface area contributed by atoms with Crippen molar-refractivity contribution in [3.63, 3.8) is 0 Å². The van der Waals surface area contributed by atoms with Crippen LogP contribution in [-0.2, 0) is 23.5 Å². The number of hydrogen-bond donors (Lipinski definition) is 0. The van der Waals surface area contributed by atoms with E-state index in [2.05, 4.69) is 33.9 Å². The predicted octanol–water partition coefficient (Wildman–Crippen LogP) is 5.88. The highest BCUT2D eigenvalue weighted by Crippen LogP contribution is 2.39. The Labute approximate surface area is 207 Å². The number of ether oxygens (including phenoxy) is 1. The van der Waals surface area contributed by atoms with Crippen molar-refractivity contribution >= 4 is 24.5 Å². The summed E-state index contributed by atoms with van der Waals surface area (Å²) in [4.78, 5) is 14.8. The maximum atomic E-state index is 12.9. The zero-order chi connectivity index (χ0) is 25.9. The minimum absolute atomic E-state index is 0.0582. The monoisotopic (exact) mass is 513 g/mol. The molecular weight excluding hydrogens is 470 g/mol. The van der Waals surface area contributed by atoms with Crippen LogP contribution >= 0.6 is 0 Å². The molecule has 2 rings (SSSR count). The zero-order valence-electron chi connectivity index (χ0n) is 22.3. The van der Waals surface area contributed by atoms with Gasteiger partial charge in [0.15, 0.2) is 8.32 Å². The second-order valence-electron chi connectivity index (χ2n) is 11.8. The fourth-order valence-electron chi connectivity index (χ4n) is 3.63. The molecule has 0 radical (unpaired) electrons. The van der Waals surface area contributed by atoms with E-state index in [0.29, 0.717) is 25.8 Å². The number of carbonyl (C=O) groups excluding carboxylic acids is 1. The van der Waals surface area contributed by atoms with Crippen LogP contribution in [0.25, 0.3) is 0 Å². The third-order valence-corrected chi connectivity index (χ3v) is 12.4. The SMILES string of the molecule is Cc1ccc(S(=O)(=O)OCCC[C@@H]2C[C@H](O[Si](C)(C)C(C)(C)C)CN2C(=O)OC(C)(C)C)cc1. The van der Waals surface area contributed by atoms with Crippen molar-refractivity contribution in [3.8, 4) is 0 Å². The Bertz CT molecular complexity index is 932. The summed E-state index contributed by atoms with van der Waals surface area (Å²) in [5.74, 6) is 0. The molecule has 194 valence electrons. The summed E-state index contributed by atoms with van der Waals surface area (Å²) in [6.45, 7) is 19.0. The van der Waals surface area contributed by atoms with E-state index in [-0.39, 0.29) is 34.8 Å². The largest absolute Gasteiger partial charge is 0.444 e. The first-order valence-electron chi connectivity index (χ1n) is 12.0. The van der Waals surface area contributed by atoms with Crippen molar-refractivity contribution in [1.82, 2.24) is 4.90 Å². The maximum absolute atomic E-state index is 12.9. The highest BCUT2D eigenvalue weighted by atomic mass is 32.2. The molecule has 7 nitrogen and oxygen atoms in total. The van der Waals surface area contributed by atoms with Gasteiger partial charge in [-0.3, -0.25) is 4.18 Å². The van der Waals surface area contributed by atoms with Gasteiger partial charge in [0.1, 0.15) is 5.60 Å². The third-order valence-electron chi connectivity index (χ3n) is 6.50. The molecule has 1 aliphatic heterocycles. The van der Waals surface area contributed by atoms with Gasteiger partial charge in [-0.05, 0) is 77.2 Å². The van der Waals surface area contributed by atoms with Gasteiger partial charge in [-0.1, -0.05) is 38.5 Å². The summed E-state index contributed by atoms with van der Waals surface area (Å²) in [6, 6.07) is 6.50. The summed E-state index contributed by atoms with van der Waals surface area (Å²) in [5, 5.41) is 0.0695. The summed E-state index contributed by atoms with van der Waals surface area (Å²) in [6.07, 6.45) is 1.40. The average molecular weight is 514 g/mol. The Kier molecular flexibility index (Phi) is 9.05. The molecule has 0 aromatic heterocycles. The first-order chi connectivity index (χ1) is 15.4. The van der Waals surface area contributed by atoms with E-state index in [1.807, 2.05) is 27.7 Å². The van der Waals surface area contributed by atoms with E-state index in [1.165, 1.54) is 0 Å². The molecule has 1 amide bonds. The topological polar surface area (TPSA) is 82.1 Å². The molecule has 9 heteroatoms. The fourth-order valence-corrected chi connectivity index (χ4v) is 5.93. The Morgan fingerprint density at radius 2 is 1.68 bits per heavy atom. The van der Waals surface area contributed by atoms with Crippen molar-refractivity contribution in [2.45, 2.75) is 109 Å². The Balaban J connectivity index is 2.02. The summed E-state index contributed by atoms with van der Waals surface area (Å²) >= 11 is 0. The molecule has 0 unspecified atom stereocenters. The molecule has 2 atom stereocenters. The first kappa shape index (κ1) is 28.8. The minimum Gasteiger partial charge on any atom is -0.444 e. The van der Waals surface area contributed by atoms with Crippen LogP contribution in [0.4, 0.5) is 4.79 Å². The van der Waals surface area contributed by atoms with E-state index >= 15 is 0 Å². The number of carbonyl (C=O) groups is 1. The second kappa shape index (κ2) is 10.7. The maximum Gasteiger partial charge on any atom is 0.410 e. The quantitative estimate of drug-likeness (QED) is 0.245. The Morgan fingerprint density at radius 3 is 2.21 bits per heavy atom. The number of rotatable bonds is 8. The molecule has 0 bridgehead atoms. The molecule has 1 aromatic rings. The van der Waals surface area contributed by atoms with Crippen LogP contribution in [0.2, 0.25) is 18.1 Å². The van der Waals surface area contributed by atoms with E-state index in [0.717, 1.165) is 5.56 Å². The van der Waals surface area contributed by atoms with Crippen LogP contribution in [0, 0.1) is 6.92 Å². The summed E-state index contributed by atoms with van der Waals surface area (Å²) < 4.78 is 42.4. The van der Waals surface area contributed by atoms with Crippen LogP contribution in [0.3, 0.4) is 0 Å². The van der Waals surface area contributed by atoms with Gasteiger partial charge in [-0.15, -0.1) is 0 Å². The lowest BCUT2D eigenvalue weighted by Crippen LogP contribution is -2.45. The molecule has 1 aromatic carbocycles. The predicted molar refractivity (Wildman–Crippen MR) is 137 cm³/mol. The number of benzene rings is 1. The van der Waals surface area contributed by atoms with Crippen molar-refractivity contribution in [2.24, 2.45) is 0 Å². The number of likely N-dealkylation sites (tertiary alicyclic amines) is 1. The van der Waals surface area contributed by atoms with Gasteiger partial charge >= 0.3 is 6.09 Å². The Morgan fingerprint density at radius 1 is 1.09 bits per heavy atom. The smallest absolute Gasteiger partial charge is 0.410 e. The molecule has 1 fully saturated rings. The lowest BCUT2D eigenvalue weighted by Gasteiger charge is -2.38. The van der Waals surface area contributed by atoms with Crippen molar-refractivity contribution in [2.75, 3.05) is 13.2 Å². The van der Waals surface area contributed by atoms with Crippen LogP contribution in [0.1, 0.15) is 66.4 Å². The molecule has 0 N–H and O–H groups in total. The normalized spacial score (nSPS) is 20.0. The van der Waals surface area contributed by atoms with Crippen LogP contribution < -0.4 is 0 Å². The van der Waals surface area contributed by atoms with Gasteiger partial charge in [0.05, 0.1) is 17.6 Å². The summed E-state index contributed by atoms with van der Waals surface area (Å²) in [5.41, 5.74) is 0.391. The molecule has 1 heterocycles. The highest BCUT2D eigenvalue weighted by molar-refractivity contribution is 7.86. The molecule has 34 heavy (non-hydrogen) atoms. The van der Waals surface area contributed by atoms with Crippen LogP contribution in [0.15, 0.2) is 29.2 Å². The van der Waals surface area contributed by atoms with E-state index in [1.54, 1.807) is 29.2 Å². The first-order valence-corrected chi connectivity index (χ1v) is 16.4. The van der Waals surface area contributed by atoms with Gasteiger partial charge in [-0.2, -0.15) is 8.42 Å². The second-order valence-corrected chi connectivity index (χ2v) is 18.1. The van der Waals surface area contributed by atoms with E-state index < -0.39 is 24.0 Å². The van der Waals surface area contributed by atoms with Gasteiger partial charge in [0.25, 0.3) is 10.1 Å². The molecular formula is C25H43NO6SSi. The number of nitrogens with zero attached hydrogens (tertiary/aromatic N) is 1. The van der Waals surface area contributed by atoms with E-state index in [4.69, 9.17) is 13.3 Å². The van der Waals surface area contributed by atoms with Gasteiger partial charge in [0, 0.05) is 12.6 Å². The highest BCUT2D eigenvalue weighted by Gasteiger charge is 2.44. The lowest BCUT2D eigenvalue weighted by atomic mass is 10.1. The van der Waals surface area contributed by atoms with Gasteiger partial charge in [-0.25, -0.2) is 4.79 Å². The van der Waals surface area contributed by atoms with Crippen LogP contribution in [0.5, 0.6) is 0 Å². The lowest BCUT2D eigenvalue weighted by molar-refractivity contribution is 0.0201. The zero-order valence-corrected chi connectivity index (χ0v) is 24.1. The molecule has 0 spiro atoms.